The van der Waals surface area contributed by atoms with Crippen molar-refractivity contribution in [3.05, 3.63) is 0 Å². The number of nitrogens with zero attached hydrogens (tertiary/aromatic N) is 4. The summed E-state index contributed by atoms with van der Waals surface area (Å²) in [5.41, 5.74) is -3.48. The molecule has 0 saturated carbocycles. The number of nitrogens with one attached hydrogen (secondary N) is 2. The van der Waals surface area contributed by atoms with Crippen molar-refractivity contribution in [3.8, 4) is 0 Å². The van der Waals surface area contributed by atoms with Gasteiger partial charge < -0.3 is 49.2 Å². The van der Waals surface area contributed by atoms with E-state index in [1.54, 1.807) is 90.0 Å². The van der Waals surface area contributed by atoms with Gasteiger partial charge in [-0.2, -0.15) is 0 Å². The van der Waals surface area contributed by atoms with Crippen molar-refractivity contribution in [1.29, 1.82) is 0 Å². The quantitative estimate of drug-likeness (QED) is 0.181. The lowest BCUT2D eigenvalue weighted by Gasteiger charge is -2.31. The fourth-order valence-corrected chi connectivity index (χ4v) is 7.98. The largest absolute Gasteiger partial charge is 0.480 e. The van der Waals surface area contributed by atoms with Crippen LogP contribution in [0, 0.1) is 0 Å². The summed E-state index contributed by atoms with van der Waals surface area (Å²) in [7, 11) is 2.41. The van der Waals surface area contributed by atoms with E-state index < -0.39 is 119 Å². The zero-order chi connectivity index (χ0) is 55.6. The summed E-state index contributed by atoms with van der Waals surface area (Å²) in [4.78, 5) is 110. The van der Waals surface area contributed by atoms with Gasteiger partial charge in [-0.1, -0.05) is 0 Å². The van der Waals surface area contributed by atoms with Gasteiger partial charge in [0.05, 0.1) is 40.4 Å². The molecule has 6 amide bonds. The third kappa shape index (κ3) is 20.1. The van der Waals surface area contributed by atoms with Gasteiger partial charge in [-0.05, 0) is 90.0 Å². The predicted molar refractivity (Wildman–Crippen MR) is 249 cm³/mol. The number of rotatable bonds is 6. The maximum Gasteiger partial charge on any atom is 0.411 e. The first-order valence-corrected chi connectivity index (χ1v) is 23.5. The van der Waals surface area contributed by atoms with Gasteiger partial charge in [0.15, 0.2) is 0 Å². The van der Waals surface area contributed by atoms with Crippen LogP contribution >= 0.6 is 0 Å². The molecule has 0 aromatic rings. The van der Waals surface area contributed by atoms with Crippen LogP contribution < -0.4 is 10.6 Å². The van der Waals surface area contributed by atoms with Gasteiger partial charge in [0.2, 0.25) is 17.7 Å². The number of alkyl halides is 4. The van der Waals surface area contributed by atoms with E-state index in [2.05, 4.69) is 20.1 Å². The Bertz CT molecular complexity index is 1950. The molecule has 412 valence electrons. The van der Waals surface area contributed by atoms with E-state index in [0.717, 1.165) is 9.80 Å². The number of fused-ring (bicyclic) bond motifs is 1. The molecule has 5 heterocycles. The van der Waals surface area contributed by atoms with Crippen molar-refractivity contribution in [2.75, 3.05) is 40.4 Å². The van der Waals surface area contributed by atoms with Gasteiger partial charge >= 0.3 is 36.2 Å². The number of carboxylic acids is 1. The van der Waals surface area contributed by atoms with Crippen LogP contribution in [0.5, 0.6) is 0 Å². The van der Waals surface area contributed by atoms with Crippen LogP contribution in [0.25, 0.3) is 0 Å². The van der Waals surface area contributed by atoms with E-state index in [4.69, 9.17) is 19.3 Å². The summed E-state index contributed by atoms with van der Waals surface area (Å²) in [5, 5.41) is 14.2. The number of carbonyl (C=O) groups is 9. The first-order valence-electron chi connectivity index (χ1n) is 23.5. The van der Waals surface area contributed by atoms with Crippen LogP contribution in [-0.4, -0.2) is 196 Å². The number of carbonyl (C=O) groups excluding carboxylic acids is 8. The molecule has 21 nitrogen and oxygen atoms in total. The predicted octanol–water partition coefficient (Wildman–Crippen LogP) is 4.94. The molecule has 0 radical (unpaired) electrons. The number of esters is 2. The Kier molecular flexibility index (Phi) is 21.6. The number of carboxylic acid groups (broad SMARTS) is 1. The second kappa shape index (κ2) is 24.9. The first kappa shape index (κ1) is 62.5. The van der Waals surface area contributed by atoms with E-state index in [0.29, 0.717) is 0 Å². The lowest BCUT2D eigenvalue weighted by Crippen LogP contribution is -2.50. The number of alkyl carbamates (subject to hydrolysis) is 1. The SMILES string of the molecule is CC(C)(C)OC(=O)N1C[C@H](F)C[C@H]1C(=O)O.CC1(C)CC(=O)N2C[C@H](F)C[C@H]2C(=O)N1.COC(=O)[C@@H]1C[C@@H](F)CN1C(=O)CC(C)(C)NC(=O)OC(C)(C)C.COC(=O)[C@@H]1C[C@@H](F)CN1C(=O)OC(C)(C)C. The van der Waals surface area contributed by atoms with E-state index in [1.807, 2.05) is 0 Å². The summed E-state index contributed by atoms with van der Waals surface area (Å²) >= 11 is 0. The molecule has 0 aromatic heterocycles. The van der Waals surface area contributed by atoms with E-state index in [9.17, 15) is 60.7 Å². The van der Waals surface area contributed by atoms with Gasteiger partial charge in [-0.15, -0.1) is 0 Å². The van der Waals surface area contributed by atoms with Crippen LogP contribution in [0.1, 0.15) is 129 Å². The fraction of sp³-hybridized carbons (Fsp3) is 0.809. The van der Waals surface area contributed by atoms with Gasteiger partial charge in [0.25, 0.3) is 0 Å². The lowest BCUT2D eigenvalue weighted by atomic mass is 9.99. The molecule has 0 spiro atoms. The van der Waals surface area contributed by atoms with Gasteiger partial charge in [0.1, 0.15) is 65.7 Å². The lowest BCUT2D eigenvalue weighted by molar-refractivity contribution is -0.151. The standard InChI is InChI=1S/C16H27FN2O5.C11H18FNO4.C10H15FN2O2.C10H16FNO4/c1-15(2,3)24-14(22)18-16(4,5)8-12(20)19-9-10(17)7-11(19)13(21)23-6;1-11(2,3)17-10(15)13-6-7(12)5-8(13)9(14)16-4;1-10(2)4-8(14)13-5-6(11)3-7(13)9(15)12-10;1-10(2,3)16-9(15)12-5-6(11)4-7(12)8(13)14/h10-11H,7-9H2,1-6H3,(H,18,22);7-8H,5-6H2,1-4H3;6-7H,3-5H2,1-2H3,(H,12,15);6-7H,4-5H2,1-3H3,(H,13,14)/t10-,11+;7-,8+;2*6-,7+/m1111/s1. The van der Waals surface area contributed by atoms with Crippen LogP contribution in [0.2, 0.25) is 0 Å². The normalized spacial score (nSPS) is 25.9. The molecule has 0 aromatic carbocycles. The summed E-state index contributed by atoms with van der Waals surface area (Å²) in [6.07, 6.45) is -6.95. The molecule has 25 heteroatoms. The highest BCUT2D eigenvalue weighted by Gasteiger charge is 2.47. The zero-order valence-electron chi connectivity index (χ0n) is 44.2. The number of hydrogen-bond donors (Lipinski definition) is 3. The molecule has 5 rings (SSSR count). The molecular weight excluding hydrogens is 965 g/mol. The first-order chi connectivity index (χ1) is 32.7. The molecule has 8 atom stereocenters. The van der Waals surface area contributed by atoms with Crippen molar-refractivity contribution in [2.45, 2.75) is 205 Å². The van der Waals surface area contributed by atoms with Gasteiger partial charge in [-0.3, -0.25) is 24.2 Å². The van der Waals surface area contributed by atoms with Crippen molar-refractivity contribution in [2.24, 2.45) is 0 Å². The van der Waals surface area contributed by atoms with Crippen molar-refractivity contribution in [3.63, 3.8) is 0 Å². The highest BCUT2D eigenvalue weighted by molar-refractivity contribution is 5.92. The maximum absolute atomic E-state index is 13.6. The molecule has 0 unspecified atom stereocenters. The molecule has 0 bridgehead atoms. The number of aliphatic carboxylic acids is 1. The molecule has 3 N–H and O–H groups in total. The zero-order valence-corrected chi connectivity index (χ0v) is 44.2. The van der Waals surface area contributed by atoms with Crippen LogP contribution in [0.3, 0.4) is 0 Å². The minimum absolute atomic E-state index is 0.0358. The van der Waals surface area contributed by atoms with Crippen molar-refractivity contribution in [1.82, 2.24) is 30.2 Å². The van der Waals surface area contributed by atoms with Crippen LogP contribution in [0.4, 0.5) is 31.9 Å². The Morgan fingerprint density at radius 3 is 1.43 bits per heavy atom. The molecule has 72 heavy (non-hydrogen) atoms. The summed E-state index contributed by atoms with van der Waals surface area (Å²) in [6.45, 7) is 21.8. The minimum Gasteiger partial charge on any atom is -0.480 e. The number of likely N-dealkylation sites (tertiary alicyclic amines) is 3. The highest BCUT2D eigenvalue weighted by atomic mass is 19.1. The number of ether oxygens (including phenoxy) is 5. The van der Waals surface area contributed by atoms with Gasteiger partial charge in [0, 0.05) is 49.6 Å². The Morgan fingerprint density at radius 1 is 0.625 bits per heavy atom. The molecule has 5 aliphatic rings. The van der Waals surface area contributed by atoms with E-state index >= 15 is 0 Å². The number of amides is 6. The monoisotopic (exact) mass is 1040 g/mol. The number of hydrogen-bond acceptors (Lipinski definition) is 14. The average molecular weight is 1040 g/mol. The third-order valence-corrected chi connectivity index (χ3v) is 10.9. The fourth-order valence-electron chi connectivity index (χ4n) is 7.98. The Balaban J connectivity index is 0.000000335. The highest BCUT2D eigenvalue weighted by Crippen LogP contribution is 2.29. The van der Waals surface area contributed by atoms with Crippen molar-refractivity contribution >= 4 is 53.9 Å². The molecule has 5 fully saturated rings. The Morgan fingerprint density at radius 2 is 1.01 bits per heavy atom. The molecule has 5 saturated heterocycles. The topological polar surface area (TPSA) is 257 Å². The third-order valence-electron chi connectivity index (χ3n) is 10.9. The van der Waals surface area contributed by atoms with Crippen LogP contribution in [0.15, 0.2) is 0 Å². The van der Waals surface area contributed by atoms with Gasteiger partial charge in [-0.25, -0.2) is 46.3 Å². The molecule has 5 aliphatic heterocycles. The Labute approximate surface area is 418 Å². The number of halogens is 4. The summed E-state index contributed by atoms with van der Waals surface area (Å²) in [6, 6.07) is -3.53. The summed E-state index contributed by atoms with van der Waals surface area (Å²) in [5.74, 6) is -3.25. The Hall–Kier alpha value is -5.65. The van der Waals surface area contributed by atoms with E-state index in [1.165, 1.54) is 24.0 Å². The number of methoxy groups -OCH3 is 2. The molecular formula is C47H76F4N6O15. The van der Waals surface area contributed by atoms with Crippen LogP contribution in [-0.2, 0) is 52.5 Å². The second-order valence-corrected chi connectivity index (χ2v) is 22.4. The van der Waals surface area contributed by atoms with E-state index in [-0.39, 0.29) is 76.5 Å². The maximum atomic E-state index is 13.6. The molecule has 0 aliphatic carbocycles. The summed E-state index contributed by atoms with van der Waals surface area (Å²) < 4.78 is 77.5. The second-order valence-electron chi connectivity index (χ2n) is 22.4. The minimum atomic E-state index is -1.30. The smallest absolute Gasteiger partial charge is 0.411 e. The van der Waals surface area contributed by atoms with Crippen molar-refractivity contribution < 1.29 is 89.5 Å². The average Bonchev–Trinajstić information content (AvgIpc) is 3.99.